The van der Waals surface area contributed by atoms with Gasteiger partial charge in [-0.15, -0.1) is 0 Å². The van der Waals surface area contributed by atoms with Gasteiger partial charge in [0.25, 0.3) is 0 Å². The molecule has 12 rings (SSSR count). The molecule has 1 aliphatic carbocycles. The molecule has 11 aromatic rings. The topological polar surface area (TPSA) is 3.24 Å². The quantitative estimate of drug-likeness (QED) is 0.158. The molecule has 1 heteroatoms. The molecule has 0 atom stereocenters. The summed E-state index contributed by atoms with van der Waals surface area (Å²) in [6, 6.07) is 78.9. The van der Waals surface area contributed by atoms with Crippen molar-refractivity contribution >= 4 is 70.9 Å². The molecule has 0 N–H and O–H groups in total. The maximum absolute atomic E-state index is 2.48. The van der Waals surface area contributed by atoms with Gasteiger partial charge in [0.1, 0.15) is 0 Å². The lowest BCUT2D eigenvalue weighted by molar-refractivity contribution is 0.660. The summed E-state index contributed by atoms with van der Waals surface area (Å²) in [5.41, 5.74) is 13.5. The lowest BCUT2D eigenvalue weighted by Gasteiger charge is -2.30. The normalized spacial score (nSPS) is 13.0. The third kappa shape index (κ3) is 5.33. The fourth-order valence-electron chi connectivity index (χ4n) is 10.2. The Morgan fingerprint density at radius 3 is 1.70 bits per heavy atom. The van der Waals surface area contributed by atoms with Crippen LogP contribution in [0.4, 0.5) is 17.1 Å². The summed E-state index contributed by atoms with van der Waals surface area (Å²) < 4.78 is 0. The zero-order valence-electron chi connectivity index (χ0n) is 33.7. The number of hydrogen-bond acceptors (Lipinski definition) is 1. The molecule has 1 aliphatic rings. The standard InChI is InChI=1S/C59H41N/c1-59(2)54-18-10-8-17-52(54)53-33-31-48(37-55(53)59)60(47-30-28-43-34-42(25-26-44(43)36-47)38-12-4-3-5-13-38)56-19-11-9-15-49(56)45-29-32-51-46(35-45)27-24-41-23-22-40-21-20-39-14-6-7-16-50(39)57(40)58(41)51/h3-37H,1-2H3. The Morgan fingerprint density at radius 2 is 0.867 bits per heavy atom. The molecule has 0 saturated heterocycles. The van der Waals surface area contributed by atoms with Crippen LogP contribution in [0.2, 0.25) is 0 Å². The average Bonchev–Trinajstić information content (AvgIpc) is 3.54. The van der Waals surface area contributed by atoms with Crippen LogP contribution >= 0.6 is 0 Å². The zero-order chi connectivity index (χ0) is 40.0. The van der Waals surface area contributed by atoms with Gasteiger partial charge < -0.3 is 4.90 Å². The summed E-state index contributed by atoms with van der Waals surface area (Å²) in [4.78, 5) is 2.48. The van der Waals surface area contributed by atoms with E-state index in [-0.39, 0.29) is 5.41 Å². The molecule has 0 aromatic heterocycles. The second-order valence-corrected chi connectivity index (χ2v) is 16.9. The number of anilines is 3. The highest BCUT2D eigenvalue weighted by atomic mass is 15.1. The van der Waals surface area contributed by atoms with Gasteiger partial charge in [0, 0.05) is 22.4 Å². The Labute approximate surface area is 350 Å². The first kappa shape index (κ1) is 34.6. The molecule has 0 saturated carbocycles. The molecule has 0 bridgehead atoms. The Bertz CT molecular complexity index is 3520. The Hall–Kier alpha value is -7.48. The van der Waals surface area contributed by atoms with Gasteiger partial charge in [-0.05, 0) is 135 Å². The van der Waals surface area contributed by atoms with Crippen molar-refractivity contribution in [1.82, 2.24) is 0 Å². The summed E-state index contributed by atoms with van der Waals surface area (Å²) >= 11 is 0. The number of nitrogens with zero attached hydrogens (tertiary/aromatic N) is 1. The number of benzene rings is 11. The van der Waals surface area contributed by atoms with Crippen LogP contribution in [0.5, 0.6) is 0 Å². The van der Waals surface area contributed by atoms with Gasteiger partial charge in [0.05, 0.1) is 5.69 Å². The summed E-state index contributed by atoms with van der Waals surface area (Å²) in [5.74, 6) is 0. The minimum Gasteiger partial charge on any atom is -0.310 e. The van der Waals surface area contributed by atoms with Crippen LogP contribution in [0, 0.1) is 0 Å². The van der Waals surface area contributed by atoms with Gasteiger partial charge >= 0.3 is 0 Å². The number of para-hydroxylation sites is 1. The van der Waals surface area contributed by atoms with Gasteiger partial charge in [-0.25, -0.2) is 0 Å². The molecule has 0 spiro atoms. The van der Waals surface area contributed by atoms with Gasteiger partial charge in [-0.1, -0.05) is 184 Å². The van der Waals surface area contributed by atoms with Crippen LogP contribution in [0.15, 0.2) is 212 Å². The van der Waals surface area contributed by atoms with Crippen molar-refractivity contribution in [3.05, 3.63) is 223 Å². The summed E-state index contributed by atoms with van der Waals surface area (Å²) in [7, 11) is 0. The first-order valence-electron chi connectivity index (χ1n) is 21.0. The average molecular weight is 764 g/mol. The lowest BCUT2D eigenvalue weighted by atomic mass is 9.82. The van der Waals surface area contributed by atoms with E-state index >= 15 is 0 Å². The van der Waals surface area contributed by atoms with E-state index in [4.69, 9.17) is 0 Å². The summed E-state index contributed by atoms with van der Waals surface area (Å²) in [6.45, 7) is 4.73. The predicted octanol–water partition coefficient (Wildman–Crippen LogP) is 16.6. The van der Waals surface area contributed by atoms with Gasteiger partial charge in [-0.3, -0.25) is 0 Å². The molecule has 282 valence electrons. The smallest absolute Gasteiger partial charge is 0.0540 e. The lowest BCUT2D eigenvalue weighted by Crippen LogP contribution is -2.16. The number of fused-ring (bicyclic) bond motifs is 11. The minimum absolute atomic E-state index is 0.124. The van der Waals surface area contributed by atoms with Crippen LogP contribution in [-0.2, 0) is 5.41 Å². The van der Waals surface area contributed by atoms with E-state index in [2.05, 4.69) is 231 Å². The molecule has 0 aliphatic heterocycles. The molecule has 0 amide bonds. The van der Waals surface area contributed by atoms with Crippen molar-refractivity contribution in [1.29, 1.82) is 0 Å². The van der Waals surface area contributed by atoms with Crippen LogP contribution in [0.25, 0.3) is 87.2 Å². The first-order valence-corrected chi connectivity index (χ1v) is 21.0. The predicted molar refractivity (Wildman–Crippen MR) is 257 cm³/mol. The zero-order valence-corrected chi connectivity index (χ0v) is 33.7. The minimum atomic E-state index is -0.124. The molecule has 0 heterocycles. The number of rotatable bonds is 5. The Kier molecular flexibility index (Phi) is 7.65. The molecule has 0 fully saturated rings. The highest BCUT2D eigenvalue weighted by Gasteiger charge is 2.36. The Balaban J connectivity index is 1.05. The SMILES string of the molecule is CC1(C)c2ccccc2-c2ccc(N(c3ccc4cc(-c5ccccc5)ccc4c3)c3ccccc3-c3ccc4c(ccc5ccc6ccc7ccccc7c6c54)c3)cc21. The molecule has 0 unspecified atom stereocenters. The molecule has 11 aromatic carbocycles. The molecule has 0 radical (unpaired) electrons. The largest absolute Gasteiger partial charge is 0.310 e. The highest BCUT2D eigenvalue weighted by molar-refractivity contribution is 6.27. The van der Waals surface area contributed by atoms with E-state index in [1.54, 1.807) is 0 Å². The molecule has 1 nitrogen and oxygen atoms in total. The fraction of sp³-hybridized carbons (Fsp3) is 0.0508. The monoisotopic (exact) mass is 763 g/mol. The molecular weight excluding hydrogens is 723 g/mol. The highest BCUT2D eigenvalue weighted by Crippen LogP contribution is 2.51. The van der Waals surface area contributed by atoms with E-state index in [9.17, 15) is 0 Å². The fourth-order valence-corrected chi connectivity index (χ4v) is 10.2. The van der Waals surface area contributed by atoms with Crippen LogP contribution < -0.4 is 4.90 Å². The van der Waals surface area contributed by atoms with Crippen molar-refractivity contribution in [2.75, 3.05) is 4.90 Å². The van der Waals surface area contributed by atoms with E-state index < -0.39 is 0 Å². The second-order valence-electron chi connectivity index (χ2n) is 16.9. The van der Waals surface area contributed by atoms with Gasteiger partial charge in [0.2, 0.25) is 0 Å². The van der Waals surface area contributed by atoms with E-state index in [0.717, 1.165) is 17.1 Å². The van der Waals surface area contributed by atoms with Gasteiger partial charge in [-0.2, -0.15) is 0 Å². The van der Waals surface area contributed by atoms with E-state index in [1.165, 1.54) is 98.4 Å². The van der Waals surface area contributed by atoms with Crippen molar-refractivity contribution in [3.63, 3.8) is 0 Å². The molecular formula is C59H41N. The van der Waals surface area contributed by atoms with E-state index in [0.29, 0.717) is 0 Å². The summed E-state index contributed by atoms with van der Waals surface area (Å²) in [6.07, 6.45) is 0. The Morgan fingerprint density at radius 1 is 0.317 bits per heavy atom. The first-order chi connectivity index (χ1) is 29.5. The van der Waals surface area contributed by atoms with Crippen molar-refractivity contribution < 1.29 is 0 Å². The van der Waals surface area contributed by atoms with Gasteiger partial charge in [0.15, 0.2) is 0 Å². The third-order valence-corrected chi connectivity index (χ3v) is 13.2. The van der Waals surface area contributed by atoms with E-state index in [1.807, 2.05) is 0 Å². The van der Waals surface area contributed by atoms with Crippen LogP contribution in [0.1, 0.15) is 25.0 Å². The van der Waals surface area contributed by atoms with Crippen molar-refractivity contribution in [2.24, 2.45) is 0 Å². The molecule has 60 heavy (non-hydrogen) atoms. The second kappa shape index (κ2) is 13.3. The van der Waals surface area contributed by atoms with Crippen LogP contribution in [0.3, 0.4) is 0 Å². The van der Waals surface area contributed by atoms with Crippen molar-refractivity contribution in [2.45, 2.75) is 19.3 Å². The maximum Gasteiger partial charge on any atom is 0.0540 e. The third-order valence-electron chi connectivity index (χ3n) is 13.2. The maximum atomic E-state index is 2.48. The summed E-state index contributed by atoms with van der Waals surface area (Å²) in [5, 5.41) is 12.7. The number of hydrogen-bond donors (Lipinski definition) is 0. The van der Waals surface area contributed by atoms with Crippen LogP contribution in [-0.4, -0.2) is 0 Å². The van der Waals surface area contributed by atoms with Crippen molar-refractivity contribution in [3.8, 4) is 33.4 Å².